The Morgan fingerprint density at radius 3 is 2.72 bits per heavy atom. The van der Waals surface area contributed by atoms with Gasteiger partial charge in [-0.15, -0.1) is 0 Å². The van der Waals surface area contributed by atoms with E-state index in [0.717, 1.165) is 5.56 Å². The van der Waals surface area contributed by atoms with Crippen molar-refractivity contribution in [2.24, 2.45) is 0 Å². The standard InChI is InChI=1S/C18H19NO6/c1-9-6-13(20)16-10(2)11(18(24)25-14(16)7-9)8-15(21)19-5-3-4-12(19)17(22)23/h6-7,12,20H,3-5,8H2,1-2H3,(H,22,23)/t12-/m0/s1. The summed E-state index contributed by atoms with van der Waals surface area (Å²) >= 11 is 0. The van der Waals surface area contributed by atoms with Gasteiger partial charge in [-0.3, -0.25) is 4.79 Å². The van der Waals surface area contributed by atoms with Crippen molar-refractivity contribution in [2.45, 2.75) is 39.2 Å². The lowest BCUT2D eigenvalue weighted by Crippen LogP contribution is -2.41. The Kier molecular flexibility index (Phi) is 4.24. The molecule has 0 bridgehead atoms. The summed E-state index contributed by atoms with van der Waals surface area (Å²) in [4.78, 5) is 37.4. The molecule has 2 N–H and O–H groups in total. The summed E-state index contributed by atoms with van der Waals surface area (Å²) < 4.78 is 5.27. The first-order valence-corrected chi connectivity index (χ1v) is 8.07. The van der Waals surface area contributed by atoms with Crippen LogP contribution in [0.1, 0.15) is 29.5 Å². The van der Waals surface area contributed by atoms with E-state index in [0.29, 0.717) is 30.3 Å². The second kappa shape index (κ2) is 6.23. The maximum atomic E-state index is 12.5. The summed E-state index contributed by atoms with van der Waals surface area (Å²) in [6.45, 7) is 3.78. The van der Waals surface area contributed by atoms with E-state index in [1.54, 1.807) is 26.0 Å². The maximum absolute atomic E-state index is 12.5. The summed E-state index contributed by atoms with van der Waals surface area (Å²) in [5.41, 5.74) is 0.990. The first kappa shape index (κ1) is 17.0. The minimum atomic E-state index is -1.04. The molecule has 1 aliphatic rings. The molecule has 1 fully saturated rings. The lowest BCUT2D eigenvalue weighted by atomic mass is 10.0. The molecule has 0 radical (unpaired) electrons. The molecule has 1 aromatic carbocycles. The SMILES string of the molecule is Cc1cc(O)c2c(C)c(CC(=O)N3CCC[C@H]3C(=O)O)c(=O)oc2c1. The number of rotatable bonds is 3. The van der Waals surface area contributed by atoms with Crippen molar-refractivity contribution in [1.82, 2.24) is 4.90 Å². The van der Waals surface area contributed by atoms with Crippen molar-refractivity contribution >= 4 is 22.8 Å². The average Bonchev–Trinajstić information content (AvgIpc) is 3.00. The van der Waals surface area contributed by atoms with E-state index in [9.17, 15) is 24.6 Å². The molecule has 0 spiro atoms. The van der Waals surface area contributed by atoms with Crippen molar-refractivity contribution in [3.05, 3.63) is 39.2 Å². The van der Waals surface area contributed by atoms with Crippen molar-refractivity contribution in [1.29, 1.82) is 0 Å². The lowest BCUT2D eigenvalue weighted by molar-refractivity contribution is -0.148. The smallest absolute Gasteiger partial charge is 0.340 e. The second-order valence-corrected chi connectivity index (χ2v) is 6.41. The Balaban J connectivity index is 2.00. The molecule has 0 unspecified atom stereocenters. The Morgan fingerprint density at radius 2 is 2.04 bits per heavy atom. The highest BCUT2D eigenvalue weighted by atomic mass is 16.4. The van der Waals surface area contributed by atoms with Gasteiger partial charge in [0.05, 0.1) is 17.4 Å². The number of phenolic OH excluding ortho intramolecular Hbond substituents is 1. The van der Waals surface area contributed by atoms with Gasteiger partial charge in [0.25, 0.3) is 0 Å². The fourth-order valence-corrected chi connectivity index (χ4v) is 3.44. The fraction of sp³-hybridized carbons (Fsp3) is 0.389. The molecule has 2 heterocycles. The van der Waals surface area contributed by atoms with Crippen molar-refractivity contribution < 1.29 is 24.2 Å². The molecule has 1 saturated heterocycles. The Labute approximate surface area is 143 Å². The van der Waals surface area contributed by atoms with Crippen LogP contribution in [0.25, 0.3) is 11.0 Å². The van der Waals surface area contributed by atoms with Gasteiger partial charge >= 0.3 is 11.6 Å². The van der Waals surface area contributed by atoms with Crippen LogP contribution in [0.4, 0.5) is 0 Å². The zero-order valence-electron chi connectivity index (χ0n) is 14.0. The predicted octanol–water partition coefficient (Wildman–Crippen LogP) is 1.73. The maximum Gasteiger partial charge on any atom is 0.340 e. The molecule has 1 amide bonds. The number of aryl methyl sites for hydroxylation is 2. The van der Waals surface area contributed by atoms with Crippen molar-refractivity contribution in [3.8, 4) is 5.75 Å². The first-order chi connectivity index (χ1) is 11.8. The van der Waals surface area contributed by atoms with Crippen LogP contribution in [0, 0.1) is 13.8 Å². The van der Waals surface area contributed by atoms with E-state index in [2.05, 4.69) is 0 Å². The van der Waals surface area contributed by atoms with Crippen LogP contribution in [-0.4, -0.2) is 39.6 Å². The molecular weight excluding hydrogens is 326 g/mol. The minimum absolute atomic E-state index is 0.0190. The van der Waals surface area contributed by atoms with Crippen LogP contribution >= 0.6 is 0 Å². The first-order valence-electron chi connectivity index (χ1n) is 8.07. The molecule has 0 aliphatic carbocycles. The van der Waals surface area contributed by atoms with Gasteiger partial charge in [-0.05, 0) is 49.9 Å². The number of hydrogen-bond donors (Lipinski definition) is 2. The number of amides is 1. The number of likely N-dealkylation sites (tertiary alicyclic amines) is 1. The van der Waals surface area contributed by atoms with Crippen molar-refractivity contribution in [2.75, 3.05) is 6.54 Å². The molecule has 7 nitrogen and oxygen atoms in total. The molecular formula is C18H19NO6. The van der Waals surface area contributed by atoms with E-state index in [1.165, 1.54) is 4.90 Å². The molecule has 3 rings (SSSR count). The summed E-state index contributed by atoms with van der Waals surface area (Å²) in [7, 11) is 0. The van der Waals surface area contributed by atoms with Gasteiger partial charge in [-0.2, -0.15) is 0 Å². The minimum Gasteiger partial charge on any atom is -0.507 e. The molecule has 1 aromatic heterocycles. The zero-order chi connectivity index (χ0) is 18.3. The van der Waals surface area contributed by atoms with Crippen LogP contribution in [0.2, 0.25) is 0 Å². The number of hydrogen-bond acceptors (Lipinski definition) is 5. The quantitative estimate of drug-likeness (QED) is 0.820. The monoisotopic (exact) mass is 345 g/mol. The number of phenols is 1. The number of fused-ring (bicyclic) bond motifs is 1. The van der Waals surface area contributed by atoms with Crippen molar-refractivity contribution in [3.63, 3.8) is 0 Å². The Morgan fingerprint density at radius 1 is 1.32 bits per heavy atom. The summed E-state index contributed by atoms with van der Waals surface area (Å²) in [5.74, 6) is -1.48. The predicted molar refractivity (Wildman–Crippen MR) is 89.7 cm³/mol. The third-order valence-corrected chi connectivity index (χ3v) is 4.69. The van der Waals surface area contributed by atoms with E-state index in [4.69, 9.17) is 4.42 Å². The van der Waals surface area contributed by atoms with Gasteiger partial charge in [0, 0.05) is 6.54 Å². The molecule has 132 valence electrons. The van der Waals surface area contributed by atoms with Gasteiger partial charge < -0.3 is 19.5 Å². The van der Waals surface area contributed by atoms with E-state index >= 15 is 0 Å². The number of carbonyl (C=O) groups is 2. The number of nitrogens with zero attached hydrogens (tertiary/aromatic N) is 1. The van der Waals surface area contributed by atoms with E-state index in [1.807, 2.05) is 0 Å². The normalized spacial score (nSPS) is 17.2. The van der Waals surface area contributed by atoms with Gasteiger partial charge in [-0.25, -0.2) is 9.59 Å². The number of aliphatic carboxylic acids is 1. The van der Waals surface area contributed by atoms with Crippen LogP contribution < -0.4 is 5.63 Å². The third kappa shape index (κ3) is 2.97. The highest BCUT2D eigenvalue weighted by Crippen LogP contribution is 2.30. The second-order valence-electron chi connectivity index (χ2n) is 6.41. The van der Waals surface area contributed by atoms with E-state index in [-0.39, 0.29) is 23.3 Å². The molecule has 2 aromatic rings. The van der Waals surface area contributed by atoms with Gasteiger partial charge in [0.2, 0.25) is 5.91 Å². The van der Waals surface area contributed by atoms with Crippen LogP contribution in [0.3, 0.4) is 0 Å². The summed E-state index contributed by atoms with van der Waals surface area (Å²) in [5, 5.41) is 19.8. The lowest BCUT2D eigenvalue weighted by Gasteiger charge is -2.21. The van der Waals surface area contributed by atoms with Gasteiger partial charge in [-0.1, -0.05) is 0 Å². The molecule has 1 aliphatic heterocycles. The third-order valence-electron chi connectivity index (χ3n) is 4.69. The fourth-order valence-electron chi connectivity index (χ4n) is 3.44. The molecule has 7 heteroatoms. The number of carboxylic acids is 1. The largest absolute Gasteiger partial charge is 0.507 e. The average molecular weight is 345 g/mol. The zero-order valence-corrected chi connectivity index (χ0v) is 14.0. The Hall–Kier alpha value is -2.83. The van der Waals surface area contributed by atoms with Crippen LogP contribution in [-0.2, 0) is 16.0 Å². The summed E-state index contributed by atoms with van der Waals surface area (Å²) in [6.07, 6.45) is 0.779. The number of aromatic hydroxyl groups is 1. The topological polar surface area (TPSA) is 108 Å². The van der Waals surface area contributed by atoms with Crippen LogP contribution in [0.15, 0.2) is 21.3 Å². The van der Waals surface area contributed by atoms with Gasteiger partial charge in [0.1, 0.15) is 17.4 Å². The van der Waals surface area contributed by atoms with Gasteiger partial charge in [0.15, 0.2) is 0 Å². The number of carboxylic acid groups (broad SMARTS) is 1. The number of benzene rings is 1. The number of carbonyl (C=O) groups excluding carboxylic acids is 1. The molecule has 1 atom stereocenters. The Bertz CT molecular complexity index is 929. The summed E-state index contributed by atoms with van der Waals surface area (Å²) in [6, 6.07) is 2.36. The van der Waals surface area contributed by atoms with E-state index < -0.39 is 23.5 Å². The highest BCUT2D eigenvalue weighted by molar-refractivity contribution is 5.90. The highest BCUT2D eigenvalue weighted by Gasteiger charge is 2.34. The van der Waals surface area contributed by atoms with Crippen LogP contribution in [0.5, 0.6) is 5.75 Å². The molecule has 0 saturated carbocycles. The molecule has 25 heavy (non-hydrogen) atoms.